The minimum atomic E-state index is 0.346. The molecule has 0 amide bonds. The van der Waals surface area contributed by atoms with E-state index in [0.717, 1.165) is 0 Å². The summed E-state index contributed by atoms with van der Waals surface area (Å²) in [6, 6.07) is 3.53. The van der Waals surface area contributed by atoms with Crippen LogP contribution >= 0.6 is 22.6 Å². The quantitative estimate of drug-likeness (QED) is 0.655. The summed E-state index contributed by atoms with van der Waals surface area (Å²) in [6.45, 7) is 0.346. The number of aromatic nitrogens is 1. The number of hydrogen-bond acceptors (Lipinski definition) is 3. The fourth-order valence-electron chi connectivity index (χ4n) is 0.666. The van der Waals surface area contributed by atoms with Crippen molar-refractivity contribution in [2.45, 2.75) is 0 Å². The van der Waals surface area contributed by atoms with Crippen LogP contribution in [0.5, 0.6) is 5.75 Å². The number of hydrogen-bond donors (Lipinski definition) is 1. The summed E-state index contributed by atoms with van der Waals surface area (Å²) in [7, 11) is 0. The van der Waals surface area contributed by atoms with E-state index in [1.165, 1.54) is 0 Å². The number of pyridine rings is 1. The van der Waals surface area contributed by atoms with E-state index in [2.05, 4.69) is 14.8 Å². The number of rotatable bonds is 2. The van der Waals surface area contributed by atoms with Crippen molar-refractivity contribution in [3.05, 3.63) is 18.3 Å². The molecule has 1 rings (SSSR count). The van der Waals surface area contributed by atoms with Crippen LogP contribution in [0.4, 0.5) is 5.82 Å². The maximum atomic E-state index is 5.52. The second kappa shape index (κ2) is 4.83. The topological polar surface area (TPSA) is 48.1 Å². The zero-order chi connectivity index (χ0) is 8.81. The fraction of sp³-hybridized carbons (Fsp3) is 0.125. The highest BCUT2D eigenvalue weighted by Crippen LogP contribution is 2.15. The molecule has 0 aliphatic rings. The van der Waals surface area contributed by atoms with Crippen molar-refractivity contribution in [2.75, 3.05) is 12.3 Å². The lowest BCUT2D eigenvalue weighted by atomic mass is 10.4. The van der Waals surface area contributed by atoms with Crippen LogP contribution in [0.2, 0.25) is 0 Å². The van der Waals surface area contributed by atoms with Gasteiger partial charge >= 0.3 is 0 Å². The van der Waals surface area contributed by atoms with Crippen molar-refractivity contribution >= 4 is 28.4 Å². The minimum absolute atomic E-state index is 0.346. The average Bonchev–Trinajstić information content (AvgIpc) is 2.09. The van der Waals surface area contributed by atoms with Crippen molar-refractivity contribution in [3.8, 4) is 15.6 Å². The van der Waals surface area contributed by atoms with E-state index in [-0.39, 0.29) is 0 Å². The van der Waals surface area contributed by atoms with Gasteiger partial charge in [0.25, 0.3) is 0 Å². The number of halogens is 1. The zero-order valence-electron chi connectivity index (χ0n) is 6.25. The Balaban J connectivity index is 2.61. The first kappa shape index (κ1) is 9.13. The van der Waals surface area contributed by atoms with E-state index in [1.54, 1.807) is 18.3 Å². The summed E-state index contributed by atoms with van der Waals surface area (Å²) in [5, 5.41) is 0. The summed E-state index contributed by atoms with van der Waals surface area (Å²) in [4.78, 5) is 3.86. The summed E-state index contributed by atoms with van der Waals surface area (Å²) < 4.78 is 7.90. The van der Waals surface area contributed by atoms with E-state index in [9.17, 15) is 0 Å². The van der Waals surface area contributed by atoms with Gasteiger partial charge in [-0.15, -0.1) is 0 Å². The second-order valence-electron chi connectivity index (χ2n) is 1.95. The van der Waals surface area contributed by atoms with Gasteiger partial charge in [-0.25, -0.2) is 4.98 Å². The van der Waals surface area contributed by atoms with Crippen molar-refractivity contribution in [1.82, 2.24) is 4.98 Å². The highest BCUT2D eigenvalue weighted by Gasteiger charge is 1.96. The predicted molar refractivity (Wildman–Crippen MR) is 55.9 cm³/mol. The molecule has 4 heteroatoms. The minimum Gasteiger partial charge on any atom is -0.477 e. The number of nitrogens with zero attached hydrogens (tertiary/aromatic N) is 1. The molecule has 3 nitrogen and oxygen atoms in total. The summed E-state index contributed by atoms with van der Waals surface area (Å²) in [6.07, 6.45) is 1.62. The molecular weight excluding hydrogens is 267 g/mol. The molecule has 1 heterocycles. The van der Waals surface area contributed by atoms with E-state index in [1.807, 2.05) is 22.6 Å². The van der Waals surface area contributed by atoms with Crippen molar-refractivity contribution in [3.63, 3.8) is 0 Å². The number of nitrogens with two attached hydrogens (primary N) is 1. The molecule has 0 saturated carbocycles. The molecule has 62 valence electrons. The Labute approximate surface area is 84.5 Å². The van der Waals surface area contributed by atoms with E-state index < -0.39 is 0 Å². The molecule has 0 saturated heterocycles. The highest BCUT2D eigenvalue weighted by molar-refractivity contribution is 14.1. The third-order valence-electron chi connectivity index (χ3n) is 1.17. The Bertz CT molecular complexity index is 316. The third kappa shape index (κ3) is 2.58. The molecular formula is C8H7IN2O. The van der Waals surface area contributed by atoms with E-state index in [4.69, 9.17) is 10.5 Å². The summed E-state index contributed by atoms with van der Waals surface area (Å²) >= 11 is 1.95. The van der Waals surface area contributed by atoms with Gasteiger partial charge in [0, 0.05) is 28.8 Å². The molecule has 0 spiro atoms. The first-order chi connectivity index (χ1) is 5.84. The molecule has 0 radical (unpaired) electrons. The predicted octanol–water partition coefficient (Wildman–Crippen LogP) is 1.44. The lowest BCUT2D eigenvalue weighted by Crippen LogP contribution is -1.99. The third-order valence-corrected chi connectivity index (χ3v) is 1.55. The lowest BCUT2D eigenvalue weighted by molar-refractivity contribution is 0.371. The Morgan fingerprint density at radius 3 is 3.17 bits per heavy atom. The number of ether oxygens (including phenoxy) is 1. The Kier molecular flexibility index (Phi) is 3.67. The molecule has 0 unspecified atom stereocenters. The van der Waals surface area contributed by atoms with Crippen LogP contribution in [0.3, 0.4) is 0 Å². The normalized spacial score (nSPS) is 8.42. The molecule has 1 aromatic rings. The van der Waals surface area contributed by atoms with Crippen LogP contribution in [0.15, 0.2) is 18.3 Å². The van der Waals surface area contributed by atoms with Crippen LogP contribution in [-0.2, 0) is 0 Å². The molecule has 0 aliphatic carbocycles. The Morgan fingerprint density at radius 2 is 2.50 bits per heavy atom. The van der Waals surface area contributed by atoms with Crippen LogP contribution in [0.1, 0.15) is 0 Å². The van der Waals surface area contributed by atoms with Crippen LogP contribution in [-0.4, -0.2) is 11.6 Å². The maximum absolute atomic E-state index is 5.52. The Hall–Kier alpha value is -0.960. The van der Waals surface area contributed by atoms with E-state index >= 15 is 0 Å². The number of anilines is 1. The van der Waals surface area contributed by atoms with Crippen LogP contribution < -0.4 is 10.5 Å². The Morgan fingerprint density at radius 1 is 1.67 bits per heavy atom. The smallest absolute Gasteiger partial charge is 0.166 e. The molecule has 0 bridgehead atoms. The van der Waals surface area contributed by atoms with Crippen molar-refractivity contribution < 1.29 is 4.74 Å². The number of nitrogen functional groups attached to an aromatic ring is 1. The SMILES string of the molecule is Nc1ncccc1OCC#CI. The summed E-state index contributed by atoms with van der Waals surface area (Å²) in [5.74, 6) is 3.73. The zero-order valence-corrected chi connectivity index (χ0v) is 8.41. The maximum Gasteiger partial charge on any atom is 0.166 e. The average molecular weight is 274 g/mol. The molecule has 2 N–H and O–H groups in total. The van der Waals surface area contributed by atoms with Gasteiger partial charge in [-0.2, -0.15) is 0 Å². The van der Waals surface area contributed by atoms with Gasteiger partial charge in [0.05, 0.1) is 0 Å². The fourth-order valence-corrected chi connectivity index (χ4v) is 0.822. The molecule has 0 aliphatic heterocycles. The van der Waals surface area contributed by atoms with Gasteiger partial charge in [0.15, 0.2) is 11.6 Å². The molecule has 0 fully saturated rings. The second-order valence-corrected chi connectivity index (χ2v) is 2.49. The van der Waals surface area contributed by atoms with Gasteiger partial charge in [-0.05, 0) is 16.1 Å². The van der Waals surface area contributed by atoms with Gasteiger partial charge < -0.3 is 10.5 Å². The highest BCUT2D eigenvalue weighted by atomic mass is 127. The summed E-state index contributed by atoms with van der Waals surface area (Å²) in [5.41, 5.74) is 5.52. The first-order valence-corrected chi connectivity index (χ1v) is 4.34. The standard InChI is InChI=1S/C8H7IN2O/c9-4-2-6-12-7-3-1-5-11-8(7)10/h1,3,5H,6H2,(H2,10,11). The molecule has 12 heavy (non-hydrogen) atoms. The molecule has 1 aromatic heterocycles. The van der Waals surface area contributed by atoms with Gasteiger partial charge in [-0.3, -0.25) is 0 Å². The van der Waals surface area contributed by atoms with Crippen LogP contribution in [0, 0.1) is 9.85 Å². The molecule has 0 aromatic carbocycles. The van der Waals surface area contributed by atoms with Gasteiger partial charge in [0.2, 0.25) is 0 Å². The van der Waals surface area contributed by atoms with Gasteiger partial charge in [-0.1, -0.05) is 5.92 Å². The largest absolute Gasteiger partial charge is 0.477 e. The lowest BCUT2D eigenvalue weighted by Gasteiger charge is -2.02. The van der Waals surface area contributed by atoms with Crippen molar-refractivity contribution in [1.29, 1.82) is 0 Å². The monoisotopic (exact) mass is 274 g/mol. The molecule has 0 atom stereocenters. The van der Waals surface area contributed by atoms with E-state index in [0.29, 0.717) is 18.2 Å². The van der Waals surface area contributed by atoms with Crippen LogP contribution in [0.25, 0.3) is 0 Å². The van der Waals surface area contributed by atoms with Crippen molar-refractivity contribution in [2.24, 2.45) is 0 Å². The first-order valence-electron chi connectivity index (χ1n) is 3.26. The van der Waals surface area contributed by atoms with Gasteiger partial charge in [0.1, 0.15) is 6.61 Å².